The second-order valence-corrected chi connectivity index (χ2v) is 6.32. The average Bonchev–Trinajstić information content (AvgIpc) is 2.46. The van der Waals surface area contributed by atoms with Crippen LogP contribution >= 0.6 is 12.2 Å². The molecule has 0 amide bonds. The summed E-state index contributed by atoms with van der Waals surface area (Å²) in [5, 5.41) is 0. The van der Waals surface area contributed by atoms with Crippen LogP contribution in [0.2, 0.25) is 0 Å². The summed E-state index contributed by atoms with van der Waals surface area (Å²) in [4.78, 5) is 10.0. The molecule has 3 rings (SSSR count). The number of aromatic nitrogens is 1. The Balaban J connectivity index is 1.88. The van der Waals surface area contributed by atoms with Crippen LogP contribution in [0.3, 0.4) is 0 Å². The van der Waals surface area contributed by atoms with E-state index in [2.05, 4.69) is 21.7 Å². The average molecular weight is 290 g/mol. The predicted octanol–water partition coefficient (Wildman–Crippen LogP) is 1.78. The van der Waals surface area contributed by atoms with E-state index in [9.17, 15) is 0 Å². The lowest BCUT2D eigenvalue weighted by Crippen LogP contribution is -2.59. The molecule has 108 valence electrons. The molecule has 20 heavy (non-hydrogen) atoms. The van der Waals surface area contributed by atoms with Crippen LogP contribution in [0.5, 0.6) is 0 Å². The highest BCUT2D eigenvalue weighted by atomic mass is 32.1. The first-order chi connectivity index (χ1) is 9.66. The predicted molar refractivity (Wildman–Crippen MR) is 86.1 cm³/mol. The van der Waals surface area contributed by atoms with Crippen molar-refractivity contribution in [1.82, 2.24) is 9.88 Å². The molecule has 2 fully saturated rings. The fourth-order valence-corrected chi connectivity index (χ4v) is 3.62. The monoisotopic (exact) mass is 290 g/mol. The summed E-state index contributed by atoms with van der Waals surface area (Å²) in [5.74, 6) is 0.956. The van der Waals surface area contributed by atoms with Crippen molar-refractivity contribution in [2.45, 2.75) is 38.3 Å². The Morgan fingerprint density at radius 3 is 3.05 bits per heavy atom. The zero-order valence-corrected chi connectivity index (χ0v) is 12.8. The number of hydrogen-bond donors (Lipinski definition) is 1. The van der Waals surface area contributed by atoms with Crippen molar-refractivity contribution in [1.29, 1.82) is 0 Å². The van der Waals surface area contributed by atoms with Gasteiger partial charge in [0.25, 0.3) is 0 Å². The highest BCUT2D eigenvalue weighted by Crippen LogP contribution is 2.28. The first kappa shape index (κ1) is 13.8. The number of fused-ring (bicyclic) bond motifs is 1. The number of nitrogens with two attached hydrogens (primary N) is 1. The maximum Gasteiger partial charge on any atom is 0.139 e. The molecule has 2 aliphatic heterocycles. The fraction of sp³-hybridized carbons (Fsp3) is 0.600. The van der Waals surface area contributed by atoms with Crippen molar-refractivity contribution in [3.05, 3.63) is 23.9 Å². The Labute approximate surface area is 126 Å². The molecule has 0 saturated carbocycles. The highest BCUT2D eigenvalue weighted by Gasteiger charge is 2.34. The van der Waals surface area contributed by atoms with Gasteiger partial charge in [-0.05, 0) is 38.4 Å². The van der Waals surface area contributed by atoms with Crippen molar-refractivity contribution >= 4 is 23.0 Å². The number of rotatable bonds is 2. The SMILES string of the molecule is CC1CN2CCCCC2CN1c1ncccc1C(N)=S. The minimum Gasteiger partial charge on any atom is -0.389 e. The number of hydrogen-bond acceptors (Lipinski definition) is 4. The second-order valence-electron chi connectivity index (χ2n) is 5.88. The van der Waals surface area contributed by atoms with Crippen molar-refractivity contribution < 1.29 is 0 Å². The van der Waals surface area contributed by atoms with Gasteiger partial charge in [0.2, 0.25) is 0 Å². The summed E-state index contributed by atoms with van der Waals surface area (Å²) in [6, 6.07) is 4.98. The van der Waals surface area contributed by atoms with Gasteiger partial charge in [-0.15, -0.1) is 0 Å². The van der Waals surface area contributed by atoms with Crippen LogP contribution in [0, 0.1) is 0 Å². The number of anilines is 1. The molecule has 5 heteroatoms. The molecule has 0 bridgehead atoms. The lowest BCUT2D eigenvalue weighted by Gasteiger charge is -2.48. The largest absolute Gasteiger partial charge is 0.389 e. The molecule has 0 spiro atoms. The number of piperazine rings is 1. The van der Waals surface area contributed by atoms with E-state index in [0.717, 1.165) is 24.5 Å². The van der Waals surface area contributed by atoms with Gasteiger partial charge < -0.3 is 10.6 Å². The lowest BCUT2D eigenvalue weighted by molar-refractivity contribution is 0.115. The van der Waals surface area contributed by atoms with Crippen LogP contribution in [0.4, 0.5) is 5.82 Å². The quantitative estimate of drug-likeness (QED) is 0.841. The molecule has 0 aliphatic carbocycles. The minimum atomic E-state index is 0.436. The van der Waals surface area contributed by atoms with Crippen LogP contribution < -0.4 is 10.6 Å². The van der Waals surface area contributed by atoms with Gasteiger partial charge in [-0.25, -0.2) is 4.98 Å². The smallest absolute Gasteiger partial charge is 0.139 e. The standard InChI is InChI=1S/C15H22N4S/c1-11-9-18-8-3-2-5-12(18)10-19(11)15-13(14(16)20)6-4-7-17-15/h4,6-7,11-12H,2-3,5,8-10H2,1H3,(H2,16,20). The minimum absolute atomic E-state index is 0.436. The molecule has 0 radical (unpaired) electrons. The van der Waals surface area contributed by atoms with E-state index >= 15 is 0 Å². The normalized spacial score (nSPS) is 27.1. The van der Waals surface area contributed by atoms with Gasteiger partial charge in [-0.2, -0.15) is 0 Å². The molecule has 1 aromatic rings. The van der Waals surface area contributed by atoms with E-state index < -0.39 is 0 Å². The third-order valence-corrected chi connectivity index (χ3v) is 4.73. The molecule has 2 N–H and O–H groups in total. The van der Waals surface area contributed by atoms with Crippen molar-refractivity contribution in [3.63, 3.8) is 0 Å². The third kappa shape index (κ3) is 2.52. The molecule has 0 aromatic carbocycles. The van der Waals surface area contributed by atoms with E-state index in [-0.39, 0.29) is 0 Å². The van der Waals surface area contributed by atoms with Gasteiger partial charge in [0.15, 0.2) is 0 Å². The maximum atomic E-state index is 5.85. The van der Waals surface area contributed by atoms with Gasteiger partial charge in [0.1, 0.15) is 10.8 Å². The van der Waals surface area contributed by atoms with Gasteiger partial charge in [-0.3, -0.25) is 4.90 Å². The molecular formula is C15H22N4S. The summed E-state index contributed by atoms with van der Waals surface area (Å²) in [6.07, 6.45) is 5.80. The zero-order valence-electron chi connectivity index (χ0n) is 12.0. The summed E-state index contributed by atoms with van der Waals surface area (Å²) < 4.78 is 0. The summed E-state index contributed by atoms with van der Waals surface area (Å²) in [5.41, 5.74) is 6.75. The lowest BCUT2D eigenvalue weighted by atomic mass is 9.97. The van der Waals surface area contributed by atoms with Gasteiger partial charge in [-0.1, -0.05) is 18.6 Å². The molecular weight excluding hydrogens is 268 g/mol. The summed E-state index contributed by atoms with van der Waals surface area (Å²) in [6.45, 7) is 5.65. The van der Waals surface area contributed by atoms with E-state index in [1.165, 1.54) is 25.8 Å². The van der Waals surface area contributed by atoms with Crippen molar-refractivity contribution in [3.8, 4) is 0 Å². The zero-order chi connectivity index (χ0) is 14.1. The topological polar surface area (TPSA) is 45.4 Å². The van der Waals surface area contributed by atoms with Gasteiger partial charge in [0, 0.05) is 31.4 Å². The third-order valence-electron chi connectivity index (χ3n) is 4.51. The summed E-state index contributed by atoms with van der Waals surface area (Å²) in [7, 11) is 0. The number of nitrogens with zero attached hydrogens (tertiary/aromatic N) is 3. The first-order valence-electron chi connectivity index (χ1n) is 7.42. The molecule has 2 aliphatic rings. The molecule has 1 aromatic heterocycles. The van der Waals surface area contributed by atoms with Gasteiger partial charge in [0.05, 0.1) is 5.56 Å². The Morgan fingerprint density at radius 1 is 1.40 bits per heavy atom. The molecule has 2 atom stereocenters. The second kappa shape index (κ2) is 5.66. The first-order valence-corrected chi connectivity index (χ1v) is 7.83. The Kier molecular flexibility index (Phi) is 3.89. The van der Waals surface area contributed by atoms with Crippen LogP contribution in [0.15, 0.2) is 18.3 Å². The van der Waals surface area contributed by atoms with Crippen LogP contribution in [0.1, 0.15) is 31.7 Å². The highest BCUT2D eigenvalue weighted by molar-refractivity contribution is 7.80. The fourth-order valence-electron chi connectivity index (χ4n) is 3.47. The number of pyridine rings is 1. The Morgan fingerprint density at radius 2 is 2.25 bits per heavy atom. The molecule has 2 saturated heterocycles. The van der Waals surface area contributed by atoms with Gasteiger partial charge >= 0.3 is 0 Å². The Bertz CT molecular complexity index is 504. The van der Waals surface area contributed by atoms with Crippen molar-refractivity contribution in [2.24, 2.45) is 5.73 Å². The van der Waals surface area contributed by atoms with E-state index in [4.69, 9.17) is 18.0 Å². The van der Waals surface area contributed by atoms with Crippen molar-refractivity contribution in [2.75, 3.05) is 24.5 Å². The van der Waals surface area contributed by atoms with Crippen LogP contribution in [-0.4, -0.2) is 46.6 Å². The van der Waals surface area contributed by atoms with Crippen LogP contribution in [0.25, 0.3) is 0 Å². The Hall–Kier alpha value is -1.20. The van der Waals surface area contributed by atoms with Crippen LogP contribution in [-0.2, 0) is 0 Å². The molecule has 2 unspecified atom stereocenters. The molecule has 3 heterocycles. The van der Waals surface area contributed by atoms with E-state index in [1.807, 2.05) is 18.3 Å². The summed E-state index contributed by atoms with van der Waals surface area (Å²) >= 11 is 5.17. The van der Waals surface area contributed by atoms with E-state index in [1.54, 1.807) is 0 Å². The maximum absolute atomic E-state index is 5.85. The number of piperidine rings is 1. The number of thiocarbonyl (C=S) groups is 1. The van der Waals surface area contributed by atoms with E-state index in [0.29, 0.717) is 17.1 Å². The molecule has 4 nitrogen and oxygen atoms in total.